The van der Waals surface area contributed by atoms with Crippen LogP contribution in [0.3, 0.4) is 0 Å². The summed E-state index contributed by atoms with van der Waals surface area (Å²) >= 11 is 1.47. The van der Waals surface area contributed by atoms with E-state index in [1.807, 2.05) is 20.8 Å². The van der Waals surface area contributed by atoms with Crippen LogP contribution in [0.15, 0.2) is 6.20 Å². The van der Waals surface area contributed by atoms with Crippen LogP contribution in [0.5, 0.6) is 0 Å². The number of thiazole rings is 1. The van der Waals surface area contributed by atoms with E-state index in [1.54, 1.807) is 6.20 Å². The van der Waals surface area contributed by atoms with Crippen LogP contribution in [0.2, 0.25) is 0 Å². The molecule has 0 saturated heterocycles. The highest BCUT2D eigenvalue weighted by molar-refractivity contribution is 7.15. The maximum absolute atomic E-state index is 10.5. The van der Waals surface area contributed by atoms with Crippen molar-refractivity contribution in [2.45, 2.75) is 27.7 Å². The third kappa shape index (κ3) is 4.08. The van der Waals surface area contributed by atoms with Crippen LogP contribution in [0.4, 0.5) is 5.13 Å². The van der Waals surface area contributed by atoms with Crippen molar-refractivity contribution in [3.05, 3.63) is 11.1 Å². The fourth-order valence-corrected chi connectivity index (χ4v) is 1.27. The number of amides is 1. The normalized spacial score (nSPS) is 8.33. The van der Waals surface area contributed by atoms with Gasteiger partial charge in [0.1, 0.15) is 0 Å². The summed E-state index contributed by atoms with van der Waals surface area (Å²) in [5.41, 5.74) is 0. The molecule has 1 aromatic heterocycles. The van der Waals surface area contributed by atoms with Crippen molar-refractivity contribution in [2.24, 2.45) is 0 Å². The number of rotatable bonds is 1. The molecule has 1 aromatic rings. The Labute approximate surface area is 76.8 Å². The monoisotopic (exact) mass is 186 g/mol. The SMILES string of the molecule is CC.CC(=O)Nc1ncc(C)s1. The second kappa shape index (κ2) is 5.71. The number of carbonyl (C=O) groups excluding carboxylic acids is 1. The zero-order valence-electron chi connectivity index (χ0n) is 7.84. The van der Waals surface area contributed by atoms with Gasteiger partial charge in [-0.2, -0.15) is 0 Å². The average Bonchev–Trinajstić information content (AvgIpc) is 2.39. The molecule has 0 aliphatic carbocycles. The third-order valence-corrected chi connectivity index (χ3v) is 1.73. The Morgan fingerprint density at radius 2 is 2.17 bits per heavy atom. The van der Waals surface area contributed by atoms with E-state index in [0.29, 0.717) is 5.13 Å². The Morgan fingerprint density at radius 3 is 2.50 bits per heavy atom. The fourth-order valence-electron chi connectivity index (χ4n) is 0.563. The standard InChI is InChI=1S/C6H8N2OS.C2H6/c1-4-3-7-6(10-4)8-5(2)9;1-2/h3H,1-2H3,(H,7,8,9);1-2H3. The van der Waals surface area contributed by atoms with Gasteiger partial charge in [0.2, 0.25) is 5.91 Å². The van der Waals surface area contributed by atoms with Crippen LogP contribution in [0, 0.1) is 6.92 Å². The van der Waals surface area contributed by atoms with Crippen LogP contribution in [0.25, 0.3) is 0 Å². The fraction of sp³-hybridized carbons (Fsp3) is 0.500. The maximum atomic E-state index is 10.5. The van der Waals surface area contributed by atoms with Gasteiger partial charge in [0.05, 0.1) is 0 Å². The van der Waals surface area contributed by atoms with Crippen LogP contribution < -0.4 is 5.32 Å². The highest BCUT2D eigenvalue weighted by atomic mass is 32.1. The smallest absolute Gasteiger partial charge is 0.223 e. The number of nitrogens with one attached hydrogen (secondary N) is 1. The minimum Gasteiger partial charge on any atom is -0.302 e. The van der Waals surface area contributed by atoms with Crippen molar-refractivity contribution in [1.82, 2.24) is 4.98 Å². The molecule has 1 N–H and O–H groups in total. The topological polar surface area (TPSA) is 42.0 Å². The first-order valence-corrected chi connectivity index (χ1v) is 4.70. The Hall–Kier alpha value is -0.900. The lowest BCUT2D eigenvalue weighted by Crippen LogP contribution is -2.04. The summed E-state index contributed by atoms with van der Waals surface area (Å²) < 4.78 is 0. The Morgan fingerprint density at radius 1 is 1.58 bits per heavy atom. The molecular formula is C8H14N2OS. The maximum Gasteiger partial charge on any atom is 0.223 e. The molecule has 68 valence electrons. The Bertz CT molecular complexity index is 245. The largest absolute Gasteiger partial charge is 0.302 e. The van der Waals surface area contributed by atoms with E-state index >= 15 is 0 Å². The summed E-state index contributed by atoms with van der Waals surface area (Å²) in [6, 6.07) is 0. The van der Waals surface area contributed by atoms with Gasteiger partial charge >= 0.3 is 0 Å². The summed E-state index contributed by atoms with van der Waals surface area (Å²) in [4.78, 5) is 15.5. The first-order chi connectivity index (χ1) is 5.68. The molecule has 0 aromatic carbocycles. The number of nitrogens with zero attached hydrogens (tertiary/aromatic N) is 1. The van der Waals surface area contributed by atoms with Gasteiger partial charge < -0.3 is 5.32 Å². The number of hydrogen-bond donors (Lipinski definition) is 1. The molecule has 0 saturated carbocycles. The molecule has 0 atom stereocenters. The molecule has 0 radical (unpaired) electrons. The van der Waals surface area contributed by atoms with Gasteiger partial charge in [0.15, 0.2) is 5.13 Å². The van der Waals surface area contributed by atoms with Gasteiger partial charge in [-0.1, -0.05) is 13.8 Å². The minimum absolute atomic E-state index is 0.0747. The molecule has 1 rings (SSSR count). The van der Waals surface area contributed by atoms with Crippen molar-refractivity contribution in [2.75, 3.05) is 5.32 Å². The highest BCUT2D eigenvalue weighted by Gasteiger charge is 1.97. The molecule has 0 aliphatic heterocycles. The predicted molar refractivity (Wildman–Crippen MR) is 52.5 cm³/mol. The van der Waals surface area contributed by atoms with Crippen molar-refractivity contribution in [1.29, 1.82) is 0 Å². The van der Waals surface area contributed by atoms with Gasteiger partial charge in [-0.3, -0.25) is 4.79 Å². The predicted octanol–water partition coefficient (Wildman–Crippen LogP) is 2.44. The highest BCUT2D eigenvalue weighted by Crippen LogP contribution is 2.15. The molecule has 0 aliphatic rings. The molecule has 0 unspecified atom stereocenters. The van der Waals surface area contributed by atoms with Crippen molar-refractivity contribution >= 4 is 22.4 Å². The summed E-state index contributed by atoms with van der Waals surface area (Å²) in [5, 5.41) is 3.27. The van der Waals surface area contributed by atoms with E-state index in [2.05, 4.69) is 10.3 Å². The second-order valence-electron chi connectivity index (χ2n) is 1.96. The summed E-state index contributed by atoms with van der Waals surface area (Å²) in [7, 11) is 0. The average molecular weight is 186 g/mol. The van der Waals surface area contributed by atoms with Gasteiger partial charge in [0, 0.05) is 18.0 Å². The molecule has 12 heavy (non-hydrogen) atoms. The quantitative estimate of drug-likeness (QED) is 0.732. The first-order valence-electron chi connectivity index (χ1n) is 3.88. The van der Waals surface area contributed by atoms with E-state index in [-0.39, 0.29) is 5.91 Å². The first kappa shape index (κ1) is 11.1. The lowest BCUT2D eigenvalue weighted by atomic mass is 10.6. The zero-order valence-corrected chi connectivity index (χ0v) is 8.66. The van der Waals surface area contributed by atoms with Crippen molar-refractivity contribution in [3.63, 3.8) is 0 Å². The Balaban J connectivity index is 0.000000561. The molecule has 1 amide bonds. The van der Waals surface area contributed by atoms with E-state index in [4.69, 9.17) is 0 Å². The molecule has 3 nitrogen and oxygen atoms in total. The molecule has 0 bridgehead atoms. The number of aromatic nitrogens is 1. The minimum atomic E-state index is -0.0747. The Kier molecular flexibility index (Phi) is 5.28. The third-order valence-electron chi connectivity index (χ3n) is 0.904. The summed E-state index contributed by atoms with van der Waals surface area (Å²) in [6.45, 7) is 7.42. The van der Waals surface area contributed by atoms with E-state index in [0.717, 1.165) is 4.88 Å². The van der Waals surface area contributed by atoms with Crippen molar-refractivity contribution < 1.29 is 4.79 Å². The van der Waals surface area contributed by atoms with Gasteiger partial charge in [-0.25, -0.2) is 4.98 Å². The number of carbonyl (C=O) groups is 1. The molecule has 4 heteroatoms. The second-order valence-corrected chi connectivity index (χ2v) is 3.19. The number of hydrogen-bond acceptors (Lipinski definition) is 3. The van der Waals surface area contributed by atoms with Crippen LogP contribution in [-0.4, -0.2) is 10.9 Å². The summed E-state index contributed by atoms with van der Waals surface area (Å²) in [6.07, 6.45) is 1.73. The van der Waals surface area contributed by atoms with Crippen molar-refractivity contribution in [3.8, 4) is 0 Å². The lowest BCUT2D eigenvalue weighted by Gasteiger charge is -1.91. The van der Waals surface area contributed by atoms with Crippen LogP contribution >= 0.6 is 11.3 Å². The molecular weight excluding hydrogens is 172 g/mol. The summed E-state index contributed by atoms with van der Waals surface area (Å²) in [5.74, 6) is -0.0747. The molecule has 0 spiro atoms. The molecule has 0 fully saturated rings. The van der Waals surface area contributed by atoms with E-state index in [1.165, 1.54) is 18.3 Å². The van der Waals surface area contributed by atoms with Gasteiger partial charge in [-0.05, 0) is 6.92 Å². The molecule has 1 heterocycles. The van der Waals surface area contributed by atoms with Gasteiger partial charge in [0.25, 0.3) is 0 Å². The number of aryl methyl sites for hydroxylation is 1. The lowest BCUT2D eigenvalue weighted by molar-refractivity contribution is -0.114. The van der Waals surface area contributed by atoms with Crippen LogP contribution in [-0.2, 0) is 4.79 Å². The zero-order chi connectivity index (χ0) is 9.56. The number of anilines is 1. The van der Waals surface area contributed by atoms with Crippen LogP contribution in [0.1, 0.15) is 25.6 Å². The van der Waals surface area contributed by atoms with Gasteiger partial charge in [-0.15, -0.1) is 11.3 Å². The van der Waals surface area contributed by atoms with E-state index in [9.17, 15) is 4.79 Å². The van der Waals surface area contributed by atoms with E-state index < -0.39 is 0 Å².